The third kappa shape index (κ3) is 3.44. The van der Waals surface area contributed by atoms with Crippen molar-refractivity contribution in [2.24, 2.45) is 17.6 Å². The van der Waals surface area contributed by atoms with E-state index in [9.17, 15) is 9.59 Å². The van der Waals surface area contributed by atoms with Crippen molar-refractivity contribution in [3.05, 3.63) is 0 Å². The predicted octanol–water partition coefficient (Wildman–Crippen LogP) is 1.68. The van der Waals surface area contributed by atoms with Gasteiger partial charge in [-0.1, -0.05) is 6.92 Å². The minimum absolute atomic E-state index is 0.00412. The quantitative estimate of drug-likeness (QED) is 0.779. The zero-order chi connectivity index (χ0) is 13.9. The topological polar surface area (TPSA) is 72.2 Å². The first-order valence-corrected chi connectivity index (χ1v) is 8.42. The Morgan fingerprint density at radius 1 is 1.26 bits per heavy atom. The maximum absolute atomic E-state index is 12.2. The average Bonchev–Trinajstić information content (AvgIpc) is 3.21. The van der Waals surface area contributed by atoms with Gasteiger partial charge in [-0.05, 0) is 55.4 Å². The first-order chi connectivity index (χ1) is 9.08. The number of hydrogen-bond donors (Lipinski definition) is 2. The van der Waals surface area contributed by atoms with E-state index in [1.54, 1.807) is 0 Å². The summed E-state index contributed by atoms with van der Waals surface area (Å²) in [6.45, 7) is 1.93. The van der Waals surface area contributed by atoms with Gasteiger partial charge in [0.05, 0.1) is 0 Å². The van der Waals surface area contributed by atoms with Crippen molar-refractivity contribution in [3.63, 3.8) is 0 Å². The zero-order valence-corrected chi connectivity index (χ0v) is 12.4. The summed E-state index contributed by atoms with van der Waals surface area (Å²) in [4.78, 5) is 24.0. The Kier molecular flexibility index (Phi) is 4.76. The molecule has 2 aliphatic rings. The van der Waals surface area contributed by atoms with Crippen molar-refractivity contribution < 1.29 is 9.59 Å². The van der Waals surface area contributed by atoms with Gasteiger partial charge in [-0.3, -0.25) is 9.59 Å². The fourth-order valence-electron chi connectivity index (χ4n) is 3.00. The molecule has 1 aliphatic heterocycles. The summed E-state index contributed by atoms with van der Waals surface area (Å²) in [5.74, 6) is 2.66. The van der Waals surface area contributed by atoms with Gasteiger partial charge in [0.2, 0.25) is 11.8 Å². The molecule has 108 valence electrons. The van der Waals surface area contributed by atoms with Crippen LogP contribution in [-0.2, 0) is 9.59 Å². The first kappa shape index (κ1) is 14.7. The lowest BCUT2D eigenvalue weighted by atomic mass is 9.88. The van der Waals surface area contributed by atoms with Crippen molar-refractivity contribution in [1.82, 2.24) is 5.32 Å². The summed E-state index contributed by atoms with van der Waals surface area (Å²) in [5, 5.41) is 2.97. The van der Waals surface area contributed by atoms with Gasteiger partial charge in [0.15, 0.2) is 0 Å². The molecule has 2 fully saturated rings. The zero-order valence-electron chi connectivity index (χ0n) is 11.6. The van der Waals surface area contributed by atoms with E-state index in [0.717, 1.165) is 37.2 Å². The Bertz CT molecular complexity index is 351. The van der Waals surface area contributed by atoms with Crippen LogP contribution >= 0.6 is 11.8 Å². The second kappa shape index (κ2) is 6.16. The van der Waals surface area contributed by atoms with Crippen LogP contribution in [0, 0.1) is 11.8 Å². The van der Waals surface area contributed by atoms with Crippen LogP contribution < -0.4 is 11.1 Å². The third-order valence-corrected chi connectivity index (χ3v) is 5.50. The molecule has 0 aromatic heterocycles. The number of amides is 2. The fourth-order valence-corrected chi connectivity index (χ4v) is 4.21. The molecule has 0 spiro atoms. The van der Waals surface area contributed by atoms with Crippen LogP contribution in [0.4, 0.5) is 0 Å². The molecule has 2 amide bonds. The molecule has 3 N–H and O–H groups in total. The molecule has 1 heterocycles. The number of thioether (sulfide) groups is 1. The largest absolute Gasteiger partial charge is 0.368 e. The fraction of sp³-hybridized carbons (Fsp3) is 0.857. The van der Waals surface area contributed by atoms with E-state index < -0.39 is 5.54 Å². The summed E-state index contributed by atoms with van der Waals surface area (Å²) >= 11 is 1.96. The van der Waals surface area contributed by atoms with Crippen LogP contribution in [0.2, 0.25) is 0 Å². The average molecular weight is 284 g/mol. The SMILES string of the molecule is CCC(NC(=O)CC1CCSCC1)(C(N)=O)C1CC1. The van der Waals surface area contributed by atoms with Crippen molar-refractivity contribution >= 4 is 23.6 Å². The molecule has 0 aromatic rings. The molecule has 4 nitrogen and oxygen atoms in total. The van der Waals surface area contributed by atoms with Crippen molar-refractivity contribution in [1.29, 1.82) is 0 Å². The second-order valence-electron chi connectivity index (χ2n) is 5.77. The Hall–Kier alpha value is -0.710. The summed E-state index contributed by atoms with van der Waals surface area (Å²) in [6, 6.07) is 0. The van der Waals surface area contributed by atoms with Gasteiger partial charge in [0.25, 0.3) is 0 Å². The van der Waals surface area contributed by atoms with Gasteiger partial charge in [-0.25, -0.2) is 0 Å². The van der Waals surface area contributed by atoms with Crippen LogP contribution in [0.25, 0.3) is 0 Å². The van der Waals surface area contributed by atoms with E-state index in [1.165, 1.54) is 0 Å². The van der Waals surface area contributed by atoms with Crippen LogP contribution in [0.1, 0.15) is 45.4 Å². The van der Waals surface area contributed by atoms with Crippen LogP contribution in [0.3, 0.4) is 0 Å². The number of carbonyl (C=O) groups is 2. The van der Waals surface area contributed by atoms with E-state index in [-0.39, 0.29) is 17.7 Å². The van der Waals surface area contributed by atoms with E-state index in [2.05, 4.69) is 5.32 Å². The molecular weight excluding hydrogens is 260 g/mol. The van der Waals surface area contributed by atoms with E-state index in [4.69, 9.17) is 5.73 Å². The summed E-state index contributed by atoms with van der Waals surface area (Å²) < 4.78 is 0. The summed E-state index contributed by atoms with van der Waals surface area (Å²) in [7, 11) is 0. The Morgan fingerprint density at radius 3 is 2.37 bits per heavy atom. The Morgan fingerprint density at radius 2 is 1.89 bits per heavy atom. The van der Waals surface area contributed by atoms with Gasteiger partial charge in [-0.2, -0.15) is 11.8 Å². The molecular formula is C14H24N2O2S. The summed E-state index contributed by atoms with van der Waals surface area (Å²) in [5.41, 5.74) is 4.76. The molecule has 1 unspecified atom stereocenters. The van der Waals surface area contributed by atoms with Crippen LogP contribution in [0.5, 0.6) is 0 Å². The lowest BCUT2D eigenvalue weighted by Gasteiger charge is -2.32. The minimum Gasteiger partial charge on any atom is -0.368 e. The molecule has 1 aliphatic carbocycles. The monoisotopic (exact) mass is 284 g/mol. The number of hydrogen-bond acceptors (Lipinski definition) is 3. The third-order valence-electron chi connectivity index (χ3n) is 4.45. The molecule has 1 saturated carbocycles. The Balaban J connectivity index is 1.92. The van der Waals surface area contributed by atoms with Gasteiger partial charge in [-0.15, -0.1) is 0 Å². The number of carbonyl (C=O) groups excluding carboxylic acids is 2. The lowest BCUT2D eigenvalue weighted by molar-refractivity contribution is -0.133. The van der Waals surface area contributed by atoms with E-state index >= 15 is 0 Å². The number of nitrogens with one attached hydrogen (secondary N) is 1. The minimum atomic E-state index is -0.791. The molecule has 0 radical (unpaired) electrons. The molecule has 5 heteroatoms. The van der Waals surface area contributed by atoms with E-state index in [1.807, 2.05) is 18.7 Å². The first-order valence-electron chi connectivity index (χ1n) is 7.27. The highest BCUT2D eigenvalue weighted by Crippen LogP contribution is 2.41. The smallest absolute Gasteiger partial charge is 0.243 e. The predicted molar refractivity (Wildman–Crippen MR) is 77.7 cm³/mol. The molecule has 2 rings (SSSR count). The van der Waals surface area contributed by atoms with Crippen molar-refractivity contribution in [3.8, 4) is 0 Å². The van der Waals surface area contributed by atoms with Crippen molar-refractivity contribution in [2.75, 3.05) is 11.5 Å². The maximum Gasteiger partial charge on any atom is 0.243 e. The molecule has 0 aromatic carbocycles. The van der Waals surface area contributed by atoms with Crippen LogP contribution in [0.15, 0.2) is 0 Å². The summed E-state index contributed by atoms with van der Waals surface area (Å²) in [6.07, 6.45) is 5.35. The van der Waals surface area contributed by atoms with Crippen molar-refractivity contribution in [2.45, 2.75) is 51.0 Å². The normalized spacial score (nSPS) is 23.6. The number of primary amides is 1. The number of nitrogens with two attached hydrogens (primary N) is 1. The maximum atomic E-state index is 12.2. The second-order valence-corrected chi connectivity index (χ2v) is 7.00. The highest BCUT2D eigenvalue weighted by Gasteiger charge is 2.49. The van der Waals surface area contributed by atoms with Gasteiger partial charge in [0.1, 0.15) is 5.54 Å². The highest BCUT2D eigenvalue weighted by atomic mass is 32.2. The van der Waals surface area contributed by atoms with Gasteiger partial charge in [0, 0.05) is 6.42 Å². The van der Waals surface area contributed by atoms with Crippen LogP contribution in [-0.4, -0.2) is 28.9 Å². The van der Waals surface area contributed by atoms with Gasteiger partial charge >= 0.3 is 0 Å². The molecule has 19 heavy (non-hydrogen) atoms. The Labute approximate surface area is 119 Å². The van der Waals surface area contributed by atoms with E-state index in [0.29, 0.717) is 18.8 Å². The molecule has 1 saturated heterocycles. The lowest BCUT2D eigenvalue weighted by Crippen LogP contribution is -2.59. The number of rotatable bonds is 6. The molecule has 1 atom stereocenters. The molecule has 0 bridgehead atoms. The van der Waals surface area contributed by atoms with Gasteiger partial charge < -0.3 is 11.1 Å². The highest BCUT2D eigenvalue weighted by molar-refractivity contribution is 7.99. The standard InChI is InChI=1S/C14H24N2O2S/c1-2-14(13(15)18,11-3-4-11)16-12(17)9-10-5-7-19-8-6-10/h10-11H,2-9H2,1H3,(H2,15,18)(H,16,17).